The highest BCUT2D eigenvalue weighted by atomic mass is 16.2. The first-order valence-electron chi connectivity index (χ1n) is 11.1. The Balaban J connectivity index is 1.40. The van der Waals surface area contributed by atoms with Crippen LogP contribution in [0.2, 0.25) is 0 Å². The topological polar surface area (TPSA) is 55.9 Å². The molecule has 3 rings (SSSR count). The lowest BCUT2D eigenvalue weighted by Gasteiger charge is -2.35. The van der Waals surface area contributed by atoms with Gasteiger partial charge in [0.2, 0.25) is 11.8 Å². The van der Waals surface area contributed by atoms with E-state index < -0.39 is 0 Å². The molecule has 29 heavy (non-hydrogen) atoms. The quantitative estimate of drug-likeness (QED) is 0.826. The molecule has 2 aliphatic rings. The van der Waals surface area contributed by atoms with Crippen LogP contribution in [0.1, 0.15) is 43.2 Å². The molecule has 160 valence electrons. The van der Waals surface area contributed by atoms with E-state index in [1.165, 1.54) is 19.3 Å². The number of anilines is 1. The number of benzene rings is 1. The third-order valence-electron chi connectivity index (χ3n) is 6.15. The van der Waals surface area contributed by atoms with Crippen molar-refractivity contribution in [2.24, 2.45) is 0 Å². The van der Waals surface area contributed by atoms with E-state index >= 15 is 0 Å². The number of para-hydroxylation sites is 1. The molecule has 0 radical (unpaired) electrons. The lowest BCUT2D eigenvalue weighted by Crippen LogP contribution is -2.51. The first-order valence-corrected chi connectivity index (χ1v) is 11.1. The van der Waals surface area contributed by atoms with E-state index in [1.54, 1.807) is 0 Å². The van der Waals surface area contributed by atoms with Crippen molar-refractivity contribution in [1.29, 1.82) is 0 Å². The molecule has 0 unspecified atom stereocenters. The number of rotatable bonds is 5. The van der Waals surface area contributed by atoms with Gasteiger partial charge in [-0.25, -0.2) is 0 Å². The third-order valence-corrected chi connectivity index (χ3v) is 6.15. The van der Waals surface area contributed by atoms with Crippen molar-refractivity contribution in [1.82, 2.24) is 14.7 Å². The standard InChI is InChI=1S/C23H36N4O2/c1-19-9-8-10-20(2)23(19)24-21(28)17-25-13-15-26(16-14-25)18-22(29)27-11-6-4-3-5-7-12-27/h8-10H,3-7,11-18H2,1-2H3,(H,24,28). The van der Waals surface area contributed by atoms with E-state index in [2.05, 4.69) is 20.0 Å². The summed E-state index contributed by atoms with van der Waals surface area (Å²) in [5.41, 5.74) is 3.10. The van der Waals surface area contributed by atoms with Gasteiger partial charge >= 0.3 is 0 Å². The van der Waals surface area contributed by atoms with Crippen molar-refractivity contribution in [2.45, 2.75) is 46.0 Å². The van der Waals surface area contributed by atoms with Gasteiger partial charge in [-0.1, -0.05) is 37.5 Å². The number of hydrogen-bond acceptors (Lipinski definition) is 4. The summed E-state index contributed by atoms with van der Waals surface area (Å²) in [6, 6.07) is 6.04. The first kappa shape index (κ1) is 21.8. The fourth-order valence-electron chi connectivity index (χ4n) is 4.29. The minimum atomic E-state index is 0.0348. The van der Waals surface area contributed by atoms with Crippen LogP contribution in [0, 0.1) is 13.8 Å². The summed E-state index contributed by atoms with van der Waals surface area (Å²) in [6.45, 7) is 10.1. The van der Waals surface area contributed by atoms with Crippen molar-refractivity contribution < 1.29 is 9.59 Å². The van der Waals surface area contributed by atoms with Crippen LogP contribution in [0.4, 0.5) is 5.69 Å². The smallest absolute Gasteiger partial charge is 0.238 e. The molecule has 0 saturated carbocycles. The molecular weight excluding hydrogens is 364 g/mol. The Hall–Kier alpha value is -1.92. The first-order chi connectivity index (χ1) is 14.0. The highest BCUT2D eigenvalue weighted by Gasteiger charge is 2.23. The Morgan fingerprint density at radius 2 is 1.31 bits per heavy atom. The number of carbonyl (C=O) groups is 2. The van der Waals surface area contributed by atoms with Crippen LogP contribution in [-0.4, -0.2) is 78.9 Å². The molecule has 1 aromatic carbocycles. The number of amides is 2. The Labute approximate surface area is 175 Å². The fraction of sp³-hybridized carbons (Fsp3) is 0.652. The average Bonchev–Trinajstić information content (AvgIpc) is 2.66. The van der Waals surface area contributed by atoms with Crippen molar-refractivity contribution in [3.05, 3.63) is 29.3 Å². The van der Waals surface area contributed by atoms with Gasteiger partial charge in [0.25, 0.3) is 0 Å². The van der Waals surface area contributed by atoms with E-state index in [0.29, 0.717) is 13.1 Å². The summed E-state index contributed by atoms with van der Waals surface area (Å²) in [4.78, 5) is 31.6. The van der Waals surface area contributed by atoms with Crippen LogP contribution in [0.5, 0.6) is 0 Å². The second-order valence-electron chi connectivity index (χ2n) is 8.52. The van der Waals surface area contributed by atoms with Gasteiger partial charge in [-0.2, -0.15) is 0 Å². The van der Waals surface area contributed by atoms with Gasteiger partial charge in [0.1, 0.15) is 0 Å². The summed E-state index contributed by atoms with van der Waals surface area (Å²) >= 11 is 0. The van der Waals surface area contributed by atoms with E-state index in [9.17, 15) is 9.59 Å². The molecule has 1 aromatic rings. The van der Waals surface area contributed by atoms with Crippen molar-refractivity contribution in [2.75, 3.05) is 57.7 Å². The second kappa shape index (κ2) is 10.7. The highest BCUT2D eigenvalue weighted by Crippen LogP contribution is 2.19. The molecule has 2 amide bonds. The van der Waals surface area contributed by atoms with E-state index in [-0.39, 0.29) is 11.8 Å². The lowest BCUT2D eigenvalue weighted by molar-refractivity contribution is -0.133. The maximum absolute atomic E-state index is 12.7. The number of piperazine rings is 1. The second-order valence-corrected chi connectivity index (χ2v) is 8.52. The summed E-state index contributed by atoms with van der Waals surface area (Å²) in [6.07, 6.45) is 6.06. The van der Waals surface area contributed by atoms with Crippen LogP contribution in [0.25, 0.3) is 0 Å². The van der Waals surface area contributed by atoms with Crippen LogP contribution in [0.15, 0.2) is 18.2 Å². The SMILES string of the molecule is Cc1cccc(C)c1NC(=O)CN1CCN(CC(=O)N2CCCCCCC2)CC1. The summed E-state index contributed by atoms with van der Waals surface area (Å²) in [7, 11) is 0. The number of likely N-dealkylation sites (tertiary alicyclic amines) is 1. The predicted molar refractivity (Wildman–Crippen MR) is 117 cm³/mol. The number of nitrogens with zero attached hydrogens (tertiary/aromatic N) is 3. The molecule has 2 fully saturated rings. The molecule has 2 aliphatic heterocycles. The van der Waals surface area contributed by atoms with Crippen LogP contribution in [0.3, 0.4) is 0 Å². The monoisotopic (exact) mass is 400 g/mol. The third kappa shape index (κ3) is 6.54. The zero-order valence-corrected chi connectivity index (χ0v) is 18.1. The van der Waals surface area contributed by atoms with Gasteiger partial charge in [-0.05, 0) is 37.8 Å². The molecule has 0 spiro atoms. The molecule has 6 nitrogen and oxygen atoms in total. The Kier molecular flexibility index (Phi) is 8.07. The van der Waals surface area contributed by atoms with E-state index in [4.69, 9.17) is 0 Å². The Morgan fingerprint density at radius 3 is 1.90 bits per heavy atom. The summed E-state index contributed by atoms with van der Waals surface area (Å²) in [5.74, 6) is 0.306. The van der Waals surface area contributed by atoms with Gasteiger partial charge in [0.15, 0.2) is 0 Å². The predicted octanol–water partition coefficient (Wildman–Crippen LogP) is 2.65. The zero-order valence-electron chi connectivity index (χ0n) is 18.1. The van der Waals surface area contributed by atoms with Crippen molar-refractivity contribution >= 4 is 17.5 Å². The van der Waals surface area contributed by atoms with Crippen LogP contribution >= 0.6 is 0 Å². The van der Waals surface area contributed by atoms with Gasteiger partial charge in [-0.3, -0.25) is 19.4 Å². The minimum absolute atomic E-state index is 0.0348. The number of aryl methyl sites for hydroxylation is 2. The molecule has 2 saturated heterocycles. The van der Waals surface area contributed by atoms with Gasteiger partial charge in [0, 0.05) is 45.0 Å². The van der Waals surface area contributed by atoms with Gasteiger partial charge < -0.3 is 10.2 Å². The van der Waals surface area contributed by atoms with Crippen molar-refractivity contribution in [3.8, 4) is 0 Å². The normalized spacial score (nSPS) is 19.4. The Morgan fingerprint density at radius 1 is 0.793 bits per heavy atom. The summed E-state index contributed by atoms with van der Waals surface area (Å²) in [5, 5.41) is 3.07. The molecule has 0 aliphatic carbocycles. The van der Waals surface area contributed by atoms with Crippen LogP contribution in [-0.2, 0) is 9.59 Å². The fourth-order valence-corrected chi connectivity index (χ4v) is 4.29. The maximum Gasteiger partial charge on any atom is 0.238 e. The lowest BCUT2D eigenvalue weighted by atomic mass is 10.1. The Bertz CT molecular complexity index is 670. The molecule has 2 heterocycles. The summed E-state index contributed by atoms with van der Waals surface area (Å²) < 4.78 is 0. The molecule has 0 aromatic heterocycles. The van der Waals surface area contributed by atoms with Gasteiger partial charge in [0.05, 0.1) is 13.1 Å². The molecule has 1 N–H and O–H groups in total. The minimum Gasteiger partial charge on any atom is -0.342 e. The molecule has 6 heteroatoms. The molecular formula is C23H36N4O2. The average molecular weight is 401 g/mol. The zero-order chi connectivity index (χ0) is 20.6. The number of nitrogens with one attached hydrogen (secondary N) is 1. The molecule has 0 atom stereocenters. The number of hydrogen-bond donors (Lipinski definition) is 1. The van der Waals surface area contributed by atoms with Crippen LogP contribution < -0.4 is 5.32 Å². The maximum atomic E-state index is 12.7. The molecule has 0 bridgehead atoms. The van der Waals surface area contributed by atoms with Gasteiger partial charge in [-0.15, -0.1) is 0 Å². The van der Waals surface area contributed by atoms with E-state index in [0.717, 1.165) is 68.9 Å². The van der Waals surface area contributed by atoms with Crippen molar-refractivity contribution in [3.63, 3.8) is 0 Å². The largest absolute Gasteiger partial charge is 0.342 e. The number of carbonyl (C=O) groups excluding carboxylic acids is 2. The van der Waals surface area contributed by atoms with E-state index in [1.807, 2.05) is 32.0 Å². The highest BCUT2D eigenvalue weighted by molar-refractivity contribution is 5.93.